The molecule has 0 aliphatic carbocycles. The summed E-state index contributed by atoms with van der Waals surface area (Å²) in [6.45, 7) is 9.13. The standard InChI is InChI=1S/C3H7NO2.C3H10Si/c1-2-4-3(5)6;1-4(2)3/h4H,2H2,1H3,(H,5,6);4H,1-3H3. The number of carboxylic acid groups (broad SMARTS) is 1. The molecule has 0 fully saturated rings. The van der Waals surface area contributed by atoms with Gasteiger partial charge in [-0.25, -0.2) is 4.79 Å². The van der Waals surface area contributed by atoms with Gasteiger partial charge in [-0.1, -0.05) is 19.6 Å². The van der Waals surface area contributed by atoms with Crippen LogP contribution in [0.4, 0.5) is 4.79 Å². The molecule has 0 saturated heterocycles. The molecule has 0 spiro atoms. The van der Waals surface area contributed by atoms with Crippen molar-refractivity contribution >= 4 is 14.9 Å². The summed E-state index contributed by atoms with van der Waals surface area (Å²) in [5.74, 6) is 0. The summed E-state index contributed by atoms with van der Waals surface area (Å²) in [6.07, 6.45) is -0.961. The molecule has 0 aromatic rings. The van der Waals surface area contributed by atoms with Gasteiger partial charge in [0.15, 0.2) is 0 Å². The summed E-state index contributed by atoms with van der Waals surface area (Å²) in [5.41, 5.74) is 0. The average molecular weight is 163 g/mol. The summed E-state index contributed by atoms with van der Waals surface area (Å²) in [4.78, 5) is 9.49. The van der Waals surface area contributed by atoms with Gasteiger partial charge in [0, 0.05) is 15.3 Å². The Labute approximate surface area is 64.1 Å². The third kappa shape index (κ3) is 50.9. The molecule has 0 heterocycles. The molecule has 0 saturated carbocycles. The first-order chi connectivity index (χ1) is 4.50. The van der Waals surface area contributed by atoms with Crippen molar-refractivity contribution in [1.29, 1.82) is 0 Å². The highest BCUT2D eigenvalue weighted by Gasteiger charge is 1.82. The summed E-state index contributed by atoms with van der Waals surface area (Å²) in [6, 6.07) is 0. The zero-order chi connectivity index (χ0) is 8.57. The van der Waals surface area contributed by atoms with Crippen LogP contribution in [-0.4, -0.2) is 26.5 Å². The smallest absolute Gasteiger partial charge is 0.404 e. The molecule has 1 amide bonds. The molecule has 0 radical (unpaired) electrons. The van der Waals surface area contributed by atoms with Crippen molar-refractivity contribution < 1.29 is 9.90 Å². The van der Waals surface area contributed by atoms with Gasteiger partial charge >= 0.3 is 6.09 Å². The van der Waals surface area contributed by atoms with Crippen LogP contribution in [-0.2, 0) is 0 Å². The molecule has 0 bridgehead atoms. The van der Waals surface area contributed by atoms with Gasteiger partial charge in [0.2, 0.25) is 0 Å². The predicted octanol–water partition coefficient (Wildman–Crippen LogP) is 1.38. The van der Waals surface area contributed by atoms with Crippen LogP contribution in [0.2, 0.25) is 19.6 Å². The predicted molar refractivity (Wildman–Crippen MR) is 46.4 cm³/mol. The van der Waals surface area contributed by atoms with E-state index in [0.29, 0.717) is 6.54 Å². The van der Waals surface area contributed by atoms with Crippen LogP contribution < -0.4 is 5.32 Å². The molecular formula is C6H17NO2Si. The lowest BCUT2D eigenvalue weighted by Crippen LogP contribution is -2.19. The Balaban J connectivity index is 0. The molecule has 0 aromatic carbocycles. The number of amides is 1. The SMILES string of the molecule is CCNC(=O)O.C[SiH](C)C. The second-order valence-corrected chi connectivity index (χ2v) is 6.03. The molecule has 0 aromatic heterocycles. The second-order valence-electron chi connectivity index (χ2n) is 2.57. The molecule has 3 nitrogen and oxygen atoms in total. The van der Waals surface area contributed by atoms with Crippen molar-refractivity contribution in [3.63, 3.8) is 0 Å². The number of hydrogen-bond donors (Lipinski definition) is 2. The fourth-order valence-electron chi connectivity index (χ4n) is 0.151. The minimum atomic E-state index is -0.961. The van der Waals surface area contributed by atoms with Gasteiger partial charge in [-0.05, 0) is 6.92 Å². The molecule has 0 aliphatic rings. The van der Waals surface area contributed by atoms with E-state index in [4.69, 9.17) is 5.11 Å². The van der Waals surface area contributed by atoms with Crippen LogP contribution >= 0.6 is 0 Å². The van der Waals surface area contributed by atoms with E-state index in [0.717, 1.165) is 0 Å². The topological polar surface area (TPSA) is 49.3 Å². The van der Waals surface area contributed by atoms with E-state index in [9.17, 15) is 4.79 Å². The Morgan fingerprint density at radius 2 is 1.80 bits per heavy atom. The fraction of sp³-hybridized carbons (Fsp3) is 0.833. The van der Waals surface area contributed by atoms with E-state index in [1.165, 1.54) is 0 Å². The summed E-state index contributed by atoms with van der Waals surface area (Å²) in [7, 11) is -0.139. The van der Waals surface area contributed by atoms with Gasteiger partial charge in [-0.15, -0.1) is 0 Å². The lowest BCUT2D eigenvalue weighted by molar-refractivity contribution is 0.195. The zero-order valence-electron chi connectivity index (χ0n) is 7.14. The third-order valence-electron chi connectivity index (χ3n) is 0.328. The minimum absolute atomic E-state index is 0.139. The Morgan fingerprint density at radius 1 is 1.50 bits per heavy atom. The highest BCUT2D eigenvalue weighted by atomic mass is 28.3. The second kappa shape index (κ2) is 8.49. The van der Waals surface area contributed by atoms with Crippen molar-refractivity contribution in [2.24, 2.45) is 0 Å². The van der Waals surface area contributed by atoms with Crippen LogP contribution in [0.5, 0.6) is 0 Å². The van der Waals surface area contributed by atoms with Gasteiger partial charge in [-0.2, -0.15) is 0 Å². The van der Waals surface area contributed by atoms with Gasteiger partial charge in [0.1, 0.15) is 0 Å². The van der Waals surface area contributed by atoms with Gasteiger partial charge in [0.05, 0.1) is 0 Å². The maximum Gasteiger partial charge on any atom is 0.404 e. The van der Waals surface area contributed by atoms with Crippen molar-refractivity contribution in [2.75, 3.05) is 6.54 Å². The maximum absolute atomic E-state index is 9.49. The van der Waals surface area contributed by atoms with Crippen molar-refractivity contribution in [3.8, 4) is 0 Å². The van der Waals surface area contributed by atoms with Gasteiger partial charge in [-0.3, -0.25) is 0 Å². The maximum atomic E-state index is 9.49. The highest BCUT2D eigenvalue weighted by molar-refractivity contribution is 6.54. The number of hydrogen-bond acceptors (Lipinski definition) is 1. The average Bonchev–Trinajstić information content (AvgIpc) is 1.62. The van der Waals surface area contributed by atoms with Crippen molar-refractivity contribution in [3.05, 3.63) is 0 Å². The lowest BCUT2D eigenvalue weighted by Gasteiger charge is -1.87. The van der Waals surface area contributed by atoms with Gasteiger partial charge < -0.3 is 10.4 Å². The molecule has 4 heteroatoms. The van der Waals surface area contributed by atoms with Crippen LogP contribution in [0.3, 0.4) is 0 Å². The summed E-state index contributed by atoms with van der Waals surface area (Å²) in [5, 5.41) is 9.93. The summed E-state index contributed by atoms with van der Waals surface area (Å²) < 4.78 is 0. The normalized spacial score (nSPS) is 8.10. The van der Waals surface area contributed by atoms with E-state index in [1.54, 1.807) is 6.92 Å². The Kier molecular flexibility index (Phi) is 10.3. The molecule has 62 valence electrons. The Bertz CT molecular complexity index is 83.1. The van der Waals surface area contributed by atoms with E-state index in [1.807, 2.05) is 0 Å². The van der Waals surface area contributed by atoms with Crippen LogP contribution in [0.1, 0.15) is 6.92 Å². The molecule has 0 atom stereocenters. The van der Waals surface area contributed by atoms with E-state index >= 15 is 0 Å². The number of nitrogens with one attached hydrogen (secondary N) is 1. The molecular weight excluding hydrogens is 146 g/mol. The molecule has 2 N–H and O–H groups in total. The largest absolute Gasteiger partial charge is 0.465 e. The first-order valence-electron chi connectivity index (χ1n) is 3.47. The van der Waals surface area contributed by atoms with Crippen molar-refractivity contribution in [2.45, 2.75) is 26.6 Å². The van der Waals surface area contributed by atoms with Crippen LogP contribution in [0, 0.1) is 0 Å². The fourth-order valence-corrected chi connectivity index (χ4v) is 0.151. The zero-order valence-corrected chi connectivity index (χ0v) is 8.29. The first-order valence-corrected chi connectivity index (χ1v) is 6.93. The van der Waals surface area contributed by atoms with Gasteiger partial charge in [0.25, 0.3) is 0 Å². The number of rotatable bonds is 1. The monoisotopic (exact) mass is 163 g/mol. The number of carbonyl (C=O) groups is 1. The lowest BCUT2D eigenvalue weighted by atomic mass is 10.8. The summed E-state index contributed by atoms with van der Waals surface area (Å²) >= 11 is 0. The van der Waals surface area contributed by atoms with E-state index in [-0.39, 0.29) is 8.80 Å². The first kappa shape index (κ1) is 12.2. The van der Waals surface area contributed by atoms with E-state index in [2.05, 4.69) is 25.0 Å². The van der Waals surface area contributed by atoms with Crippen LogP contribution in [0.15, 0.2) is 0 Å². The Hall–Kier alpha value is -0.513. The quantitative estimate of drug-likeness (QED) is 0.574. The molecule has 0 aliphatic heterocycles. The Morgan fingerprint density at radius 3 is 1.80 bits per heavy atom. The van der Waals surface area contributed by atoms with Crippen LogP contribution in [0.25, 0.3) is 0 Å². The van der Waals surface area contributed by atoms with E-state index < -0.39 is 6.09 Å². The molecule has 0 unspecified atom stereocenters. The highest BCUT2D eigenvalue weighted by Crippen LogP contribution is 1.68. The van der Waals surface area contributed by atoms with Crippen molar-refractivity contribution in [1.82, 2.24) is 5.32 Å². The third-order valence-corrected chi connectivity index (χ3v) is 0.328. The minimum Gasteiger partial charge on any atom is -0.465 e. The molecule has 10 heavy (non-hydrogen) atoms. The molecule has 0 rings (SSSR count).